The van der Waals surface area contributed by atoms with E-state index >= 15 is 0 Å². The van der Waals surface area contributed by atoms with E-state index in [1.807, 2.05) is 49.4 Å². The Morgan fingerprint density at radius 2 is 1.73 bits per heavy atom. The Labute approximate surface area is 133 Å². The van der Waals surface area contributed by atoms with E-state index in [1.54, 1.807) is 12.1 Å². The van der Waals surface area contributed by atoms with E-state index in [1.165, 1.54) is 0 Å². The molecule has 2 nitrogen and oxygen atoms in total. The zero-order valence-electron chi connectivity index (χ0n) is 13.3. The lowest BCUT2D eigenvalue weighted by Crippen LogP contribution is -2.19. The summed E-state index contributed by atoms with van der Waals surface area (Å²) in [4.78, 5) is 0.422. The fraction of sp³-hybridized carbons (Fsp3) is 0.368. The van der Waals surface area contributed by atoms with Crippen molar-refractivity contribution in [1.29, 1.82) is 0 Å². The lowest BCUT2D eigenvalue weighted by molar-refractivity contribution is 0.582. The average molecular weight is 316 g/mol. The average Bonchev–Trinajstić information content (AvgIpc) is 2.53. The van der Waals surface area contributed by atoms with Crippen molar-refractivity contribution in [2.45, 2.75) is 49.7 Å². The van der Waals surface area contributed by atoms with Gasteiger partial charge in [0, 0.05) is 0 Å². The van der Waals surface area contributed by atoms with Gasteiger partial charge in [0.25, 0.3) is 0 Å². The molecule has 0 heterocycles. The third kappa shape index (κ3) is 3.77. The predicted molar refractivity (Wildman–Crippen MR) is 93.9 cm³/mol. The molecule has 0 aliphatic rings. The second-order valence-corrected chi connectivity index (χ2v) is 7.76. The van der Waals surface area contributed by atoms with Crippen LogP contribution >= 0.6 is 0 Å². The number of hydrogen-bond acceptors (Lipinski definition) is 2. The maximum Gasteiger partial charge on any atom is 0.184 e. The topological polar surface area (TPSA) is 34.1 Å². The van der Waals surface area contributed by atoms with E-state index in [9.17, 15) is 8.42 Å². The van der Waals surface area contributed by atoms with Crippen molar-refractivity contribution in [2.75, 3.05) is 0 Å². The van der Waals surface area contributed by atoms with Gasteiger partial charge in [0.15, 0.2) is 9.84 Å². The summed E-state index contributed by atoms with van der Waals surface area (Å²) in [7, 11) is -3.32. The predicted octanol–water partition coefficient (Wildman–Crippen LogP) is 5.14. The van der Waals surface area contributed by atoms with E-state index in [2.05, 4.69) is 6.92 Å². The van der Waals surface area contributed by atoms with Crippen molar-refractivity contribution >= 4 is 20.6 Å². The molecule has 0 N–H and O–H groups in total. The van der Waals surface area contributed by atoms with Gasteiger partial charge < -0.3 is 0 Å². The van der Waals surface area contributed by atoms with Crippen LogP contribution in [0, 0.1) is 0 Å². The van der Waals surface area contributed by atoms with E-state index in [0.29, 0.717) is 11.3 Å². The SMILES string of the molecule is CCC/C=C\[C@@H](CCC)S(=O)(=O)c1ccc2ccccc2c1. The van der Waals surface area contributed by atoms with Crippen LogP contribution in [0.3, 0.4) is 0 Å². The standard InChI is InChI=1S/C19H24O2S/c1-3-5-6-12-18(9-4-2)22(20,21)19-14-13-16-10-7-8-11-17(16)15-19/h6-8,10-15,18H,3-5,9H2,1-2H3/b12-6-/t18-/m1/s1. The van der Waals surface area contributed by atoms with Crippen molar-refractivity contribution in [3.63, 3.8) is 0 Å². The molecule has 0 saturated carbocycles. The number of sulfone groups is 1. The quantitative estimate of drug-likeness (QED) is 0.663. The third-order valence-electron chi connectivity index (χ3n) is 3.83. The maximum absolute atomic E-state index is 12.9. The Bertz CT molecular complexity index is 745. The van der Waals surface area contributed by atoms with E-state index in [0.717, 1.165) is 30.0 Å². The summed E-state index contributed by atoms with van der Waals surface area (Å²) < 4.78 is 25.8. The summed E-state index contributed by atoms with van der Waals surface area (Å²) in [6.45, 7) is 4.12. The highest BCUT2D eigenvalue weighted by atomic mass is 32.2. The van der Waals surface area contributed by atoms with Crippen molar-refractivity contribution < 1.29 is 8.42 Å². The van der Waals surface area contributed by atoms with Gasteiger partial charge in [-0.05, 0) is 35.7 Å². The molecule has 0 fully saturated rings. The first-order valence-corrected chi connectivity index (χ1v) is 9.53. The normalized spacial score (nSPS) is 13.7. The number of allylic oxidation sites excluding steroid dienone is 1. The maximum atomic E-state index is 12.9. The summed E-state index contributed by atoms with van der Waals surface area (Å²) in [5, 5.41) is 1.61. The zero-order valence-corrected chi connectivity index (χ0v) is 14.1. The Morgan fingerprint density at radius 3 is 2.41 bits per heavy atom. The van der Waals surface area contributed by atoms with Gasteiger partial charge in [-0.1, -0.05) is 69.2 Å². The van der Waals surface area contributed by atoms with Crippen LogP contribution in [-0.4, -0.2) is 13.7 Å². The highest BCUT2D eigenvalue weighted by molar-refractivity contribution is 7.92. The minimum absolute atomic E-state index is 0.422. The fourth-order valence-corrected chi connectivity index (χ4v) is 4.34. The van der Waals surface area contributed by atoms with Crippen LogP contribution in [0.5, 0.6) is 0 Å². The van der Waals surface area contributed by atoms with Gasteiger partial charge in [-0.25, -0.2) is 8.42 Å². The molecule has 0 aromatic heterocycles. The number of unbranched alkanes of at least 4 members (excludes halogenated alkanes) is 1. The summed E-state index contributed by atoms with van der Waals surface area (Å²) in [5.41, 5.74) is 0. The van der Waals surface area contributed by atoms with Gasteiger partial charge in [-0.3, -0.25) is 0 Å². The molecule has 22 heavy (non-hydrogen) atoms. The minimum atomic E-state index is -3.32. The number of benzene rings is 2. The Balaban J connectivity index is 2.39. The van der Waals surface area contributed by atoms with Gasteiger partial charge in [-0.15, -0.1) is 0 Å². The molecule has 0 aliphatic carbocycles. The second-order valence-electron chi connectivity index (χ2n) is 5.60. The van der Waals surface area contributed by atoms with Crippen LogP contribution in [0.2, 0.25) is 0 Å². The van der Waals surface area contributed by atoms with Crippen molar-refractivity contribution in [1.82, 2.24) is 0 Å². The summed E-state index contributed by atoms with van der Waals surface area (Å²) in [5.74, 6) is 0. The Hall–Kier alpha value is -1.61. The van der Waals surface area contributed by atoms with E-state index in [4.69, 9.17) is 0 Å². The van der Waals surface area contributed by atoms with E-state index in [-0.39, 0.29) is 0 Å². The molecule has 118 valence electrons. The van der Waals surface area contributed by atoms with Crippen LogP contribution in [0.4, 0.5) is 0 Å². The van der Waals surface area contributed by atoms with Gasteiger partial charge >= 0.3 is 0 Å². The van der Waals surface area contributed by atoms with Gasteiger partial charge in [-0.2, -0.15) is 0 Å². The number of fused-ring (bicyclic) bond motifs is 1. The smallest absolute Gasteiger partial charge is 0.184 e. The van der Waals surface area contributed by atoms with Crippen LogP contribution in [0.1, 0.15) is 39.5 Å². The van der Waals surface area contributed by atoms with Crippen molar-refractivity contribution in [2.24, 2.45) is 0 Å². The number of rotatable bonds is 7. The highest BCUT2D eigenvalue weighted by Crippen LogP contribution is 2.24. The molecular formula is C19H24O2S. The van der Waals surface area contributed by atoms with Crippen molar-refractivity contribution in [3.8, 4) is 0 Å². The lowest BCUT2D eigenvalue weighted by Gasteiger charge is -2.14. The van der Waals surface area contributed by atoms with Gasteiger partial charge in [0.2, 0.25) is 0 Å². The minimum Gasteiger partial charge on any atom is -0.223 e. The zero-order chi connectivity index (χ0) is 16.0. The molecule has 0 amide bonds. The monoisotopic (exact) mass is 316 g/mol. The van der Waals surface area contributed by atoms with Crippen LogP contribution in [0.15, 0.2) is 59.5 Å². The molecule has 0 bridgehead atoms. The number of hydrogen-bond donors (Lipinski definition) is 0. The lowest BCUT2D eigenvalue weighted by atomic mass is 10.1. The molecule has 0 radical (unpaired) electrons. The summed E-state index contributed by atoms with van der Waals surface area (Å²) in [6.07, 6.45) is 7.35. The molecule has 1 atom stereocenters. The third-order valence-corrected chi connectivity index (χ3v) is 5.93. The molecule has 0 spiro atoms. The molecule has 2 aromatic carbocycles. The molecule has 0 aliphatic heterocycles. The molecular weight excluding hydrogens is 292 g/mol. The summed E-state index contributed by atoms with van der Waals surface area (Å²) >= 11 is 0. The largest absolute Gasteiger partial charge is 0.223 e. The highest BCUT2D eigenvalue weighted by Gasteiger charge is 2.24. The molecule has 2 rings (SSSR count). The first-order valence-electron chi connectivity index (χ1n) is 7.99. The van der Waals surface area contributed by atoms with Gasteiger partial charge in [0.05, 0.1) is 10.1 Å². The van der Waals surface area contributed by atoms with Crippen LogP contribution < -0.4 is 0 Å². The molecule has 2 aromatic rings. The molecule has 0 saturated heterocycles. The first kappa shape index (κ1) is 16.8. The molecule has 3 heteroatoms. The molecule has 0 unspecified atom stereocenters. The van der Waals surface area contributed by atoms with E-state index < -0.39 is 15.1 Å². The van der Waals surface area contributed by atoms with Crippen molar-refractivity contribution in [3.05, 3.63) is 54.6 Å². The van der Waals surface area contributed by atoms with Gasteiger partial charge in [0.1, 0.15) is 0 Å². The van der Waals surface area contributed by atoms with Crippen LogP contribution in [0.25, 0.3) is 10.8 Å². The summed E-state index contributed by atoms with van der Waals surface area (Å²) in [6, 6.07) is 13.3. The Morgan fingerprint density at radius 1 is 1.00 bits per heavy atom. The Kier molecular flexibility index (Phi) is 5.78. The second kappa shape index (κ2) is 7.59. The first-order chi connectivity index (χ1) is 10.6. The van der Waals surface area contributed by atoms with Crippen LogP contribution in [-0.2, 0) is 9.84 Å². The fourth-order valence-electron chi connectivity index (χ4n) is 2.57.